The number of sulfone groups is 1. The van der Waals surface area contributed by atoms with E-state index in [9.17, 15) is 8.42 Å². The lowest BCUT2D eigenvalue weighted by Gasteiger charge is -2.19. The van der Waals surface area contributed by atoms with E-state index < -0.39 is 9.84 Å². The molecule has 0 amide bonds. The fraction of sp³-hybridized carbons (Fsp3) is 0.647. The molecule has 0 bridgehead atoms. The highest BCUT2D eigenvalue weighted by atomic mass is 32.2. The van der Waals surface area contributed by atoms with Gasteiger partial charge in [0.25, 0.3) is 0 Å². The first kappa shape index (κ1) is 18.2. The Balaban J connectivity index is 2.63. The van der Waals surface area contributed by atoms with Crippen molar-refractivity contribution >= 4 is 9.84 Å². The SMILES string of the molecule is Cc1ccc(C(CCCS(C)(=O)=O)CNCC(C)C)cc1. The van der Waals surface area contributed by atoms with Crippen LogP contribution < -0.4 is 5.32 Å². The first-order valence-electron chi connectivity index (χ1n) is 7.73. The number of nitrogens with one attached hydrogen (secondary N) is 1. The van der Waals surface area contributed by atoms with Gasteiger partial charge < -0.3 is 5.32 Å². The summed E-state index contributed by atoms with van der Waals surface area (Å²) < 4.78 is 22.6. The molecule has 120 valence electrons. The van der Waals surface area contributed by atoms with E-state index in [-0.39, 0.29) is 5.75 Å². The number of aryl methyl sites for hydroxylation is 1. The Bertz CT molecular complexity index is 506. The second-order valence-corrected chi connectivity index (χ2v) is 8.69. The van der Waals surface area contributed by atoms with Gasteiger partial charge in [0.2, 0.25) is 0 Å². The summed E-state index contributed by atoms with van der Waals surface area (Å²) in [4.78, 5) is 0. The van der Waals surface area contributed by atoms with E-state index >= 15 is 0 Å². The Hall–Kier alpha value is -0.870. The highest BCUT2D eigenvalue weighted by molar-refractivity contribution is 7.90. The van der Waals surface area contributed by atoms with Crippen molar-refractivity contribution in [3.63, 3.8) is 0 Å². The smallest absolute Gasteiger partial charge is 0.147 e. The summed E-state index contributed by atoms with van der Waals surface area (Å²) in [6.45, 7) is 8.37. The normalized spacial score (nSPS) is 13.6. The number of benzene rings is 1. The van der Waals surface area contributed by atoms with Gasteiger partial charge in [-0.05, 0) is 43.7 Å². The molecule has 0 aliphatic rings. The van der Waals surface area contributed by atoms with Gasteiger partial charge in [0.1, 0.15) is 9.84 Å². The van der Waals surface area contributed by atoms with Crippen LogP contribution in [-0.4, -0.2) is 33.5 Å². The van der Waals surface area contributed by atoms with Gasteiger partial charge in [-0.1, -0.05) is 43.7 Å². The lowest BCUT2D eigenvalue weighted by atomic mass is 9.93. The molecule has 3 nitrogen and oxygen atoms in total. The average Bonchev–Trinajstić information content (AvgIpc) is 2.36. The minimum atomic E-state index is -2.86. The number of hydrogen-bond donors (Lipinski definition) is 1. The van der Waals surface area contributed by atoms with Gasteiger partial charge in [-0.2, -0.15) is 0 Å². The van der Waals surface area contributed by atoms with Crippen molar-refractivity contribution in [3.8, 4) is 0 Å². The van der Waals surface area contributed by atoms with E-state index in [0.717, 1.165) is 25.9 Å². The molecule has 21 heavy (non-hydrogen) atoms. The molecule has 0 aliphatic carbocycles. The first-order valence-corrected chi connectivity index (χ1v) is 9.79. The second kappa shape index (κ2) is 8.54. The van der Waals surface area contributed by atoms with Crippen LogP contribution in [0.5, 0.6) is 0 Å². The van der Waals surface area contributed by atoms with Gasteiger partial charge in [-0.25, -0.2) is 8.42 Å². The fourth-order valence-corrected chi connectivity index (χ4v) is 3.05. The van der Waals surface area contributed by atoms with Gasteiger partial charge in [0.15, 0.2) is 0 Å². The van der Waals surface area contributed by atoms with Crippen LogP contribution in [0.2, 0.25) is 0 Å². The van der Waals surface area contributed by atoms with Crippen LogP contribution in [0.1, 0.15) is 43.7 Å². The zero-order valence-corrected chi connectivity index (χ0v) is 14.5. The van der Waals surface area contributed by atoms with Crippen LogP contribution in [-0.2, 0) is 9.84 Å². The molecular formula is C17H29NO2S. The third kappa shape index (κ3) is 8.22. The zero-order chi connectivity index (χ0) is 15.9. The largest absolute Gasteiger partial charge is 0.316 e. The van der Waals surface area contributed by atoms with Crippen molar-refractivity contribution in [3.05, 3.63) is 35.4 Å². The maximum absolute atomic E-state index is 11.3. The average molecular weight is 311 g/mol. The van der Waals surface area contributed by atoms with Crippen LogP contribution in [0, 0.1) is 12.8 Å². The molecule has 1 N–H and O–H groups in total. The van der Waals surface area contributed by atoms with Gasteiger partial charge >= 0.3 is 0 Å². The molecule has 0 spiro atoms. The summed E-state index contributed by atoms with van der Waals surface area (Å²) in [7, 11) is -2.86. The minimum absolute atomic E-state index is 0.277. The van der Waals surface area contributed by atoms with E-state index in [1.54, 1.807) is 0 Å². The molecule has 1 unspecified atom stereocenters. The molecule has 4 heteroatoms. The first-order chi connectivity index (χ1) is 9.78. The molecule has 1 aromatic rings. The molecule has 0 aromatic heterocycles. The highest BCUT2D eigenvalue weighted by Gasteiger charge is 2.13. The van der Waals surface area contributed by atoms with E-state index in [1.165, 1.54) is 17.4 Å². The van der Waals surface area contributed by atoms with Crippen LogP contribution in [0.15, 0.2) is 24.3 Å². The summed E-state index contributed by atoms with van der Waals surface area (Å²) >= 11 is 0. The molecule has 0 heterocycles. The maximum Gasteiger partial charge on any atom is 0.147 e. The van der Waals surface area contributed by atoms with Gasteiger partial charge in [0.05, 0.1) is 0 Å². The second-order valence-electron chi connectivity index (χ2n) is 6.43. The molecule has 0 saturated carbocycles. The molecule has 0 aliphatic heterocycles. The predicted octanol–water partition coefficient (Wildman–Crippen LogP) is 3.15. The van der Waals surface area contributed by atoms with E-state index in [0.29, 0.717) is 11.8 Å². The lowest BCUT2D eigenvalue weighted by molar-refractivity contribution is 0.497. The van der Waals surface area contributed by atoms with E-state index in [4.69, 9.17) is 0 Å². The van der Waals surface area contributed by atoms with Crippen molar-refractivity contribution in [1.82, 2.24) is 5.32 Å². The monoisotopic (exact) mass is 311 g/mol. The molecule has 1 atom stereocenters. The number of rotatable bonds is 9. The van der Waals surface area contributed by atoms with Crippen LogP contribution in [0.25, 0.3) is 0 Å². The van der Waals surface area contributed by atoms with Crippen molar-refractivity contribution in [2.75, 3.05) is 25.1 Å². The molecular weight excluding hydrogens is 282 g/mol. The van der Waals surface area contributed by atoms with Gasteiger partial charge in [-0.15, -0.1) is 0 Å². The van der Waals surface area contributed by atoms with Gasteiger partial charge in [-0.3, -0.25) is 0 Å². The Morgan fingerprint density at radius 2 is 1.71 bits per heavy atom. The van der Waals surface area contributed by atoms with E-state index in [2.05, 4.69) is 50.4 Å². The summed E-state index contributed by atoms with van der Waals surface area (Å²) in [5.74, 6) is 1.28. The fourth-order valence-electron chi connectivity index (χ4n) is 2.36. The summed E-state index contributed by atoms with van der Waals surface area (Å²) in [6, 6.07) is 8.58. The Labute approximate surface area is 130 Å². The highest BCUT2D eigenvalue weighted by Crippen LogP contribution is 2.21. The van der Waals surface area contributed by atoms with Crippen molar-refractivity contribution in [1.29, 1.82) is 0 Å². The minimum Gasteiger partial charge on any atom is -0.316 e. The zero-order valence-electron chi connectivity index (χ0n) is 13.7. The molecule has 0 saturated heterocycles. The Morgan fingerprint density at radius 3 is 2.24 bits per heavy atom. The Morgan fingerprint density at radius 1 is 1.10 bits per heavy atom. The maximum atomic E-state index is 11.3. The third-order valence-electron chi connectivity index (χ3n) is 3.56. The third-order valence-corrected chi connectivity index (χ3v) is 4.59. The van der Waals surface area contributed by atoms with Crippen molar-refractivity contribution < 1.29 is 8.42 Å². The molecule has 1 aromatic carbocycles. The topological polar surface area (TPSA) is 46.2 Å². The lowest BCUT2D eigenvalue weighted by Crippen LogP contribution is -2.25. The van der Waals surface area contributed by atoms with Crippen LogP contribution in [0.3, 0.4) is 0 Å². The standard InChI is InChI=1S/C17H29NO2S/c1-14(2)12-18-13-17(6-5-11-21(4,19)20)16-9-7-15(3)8-10-16/h7-10,14,17-18H,5-6,11-13H2,1-4H3. The number of hydrogen-bond acceptors (Lipinski definition) is 3. The molecule has 0 radical (unpaired) electrons. The van der Waals surface area contributed by atoms with Crippen LogP contribution >= 0.6 is 0 Å². The van der Waals surface area contributed by atoms with Gasteiger partial charge in [0, 0.05) is 18.6 Å². The predicted molar refractivity (Wildman–Crippen MR) is 90.6 cm³/mol. The van der Waals surface area contributed by atoms with Crippen molar-refractivity contribution in [2.45, 2.75) is 39.5 Å². The summed E-state index contributed by atoms with van der Waals surface area (Å²) in [6.07, 6.45) is 2.94. The molecule has 1 rings (SSSR count). The summed E-state index contributed by atoms with van der Waals surface area (Å²) in [5.41, 5.74) is 2.55. The quantitative estimate of drug-likeness (QED) is 0.762. The van der Waals surface area contributed by atoms with Crippen molar-refractivity contribution in [2.24, 2.45) is 5.92 Å². The summed E-state index contributed by atoms with van der Waals surface area (Å²) in [5, 5.41) is 3.50. The van der Waals surface area contributed by atoms with Crippen LogP contribution in [0.4, 0.5) is 0 Å². The Kier molecular flexibility index (Phi) is 7.40. The van der Waals surface area contributed by atoms with E-state index in [1.807, 2.05) is 0 Å². The molecule has 0 fully saturated rings.